The zero-order valence-electron chi connectivity index (χ0n) is 17.9. The molecule has 0 unspecified atom stereocenters. The van der Waals surface area contributed by atoms with Gasteiger partial charge in [0.25, 0.3) is 10.0 Å². The molecule has 2 aromatic carbocycles. The normalized spacial score (nSPS) is 21.1. The molecule has 1 atom stereocenters. The molecule has 1 N–H and O–H groups in total. The van der Waals surface area contributed by atoms with Gasteiger partial charge in [0, 0.05) is 24.3 Å². The molecular weight excluding hydrogens is 410 g/mol. The van der Waals surface area contributed by atoms with Crippen LogP contribution in [0.4, 0.5) is 16.2 Å². The van der Waals surface area contributed by atoms with E-state index in [0.29, 0.717) is 17.9 Å². The molecule has 1 aliphatic carbocycles. The molecule has 31 heavy (non-hydrogen) atoms. The summed E-state index contributed by atoms with van der Waals surface area (Å²) in [7, 11) is -3.67. The number of fused-ring (bicyclic) bond motifs is 2. The molecule has 0 saturated heterocycles. The lowest BCUT2D eigenvalue weighted by Gasteiger charge is -2.27. The number of urea groups is 1. The quantitative estimate of drug-likeness (QED) is 0.778. The Kier molecular flexibility index (Phi) is 5.16. The van der Waals surface area contributed by atoms with Crippen molar-refractivity contribution in [3.63, 3.8) is 0 Å². The van der Waals surface area contributed by atoms with Crippen molar-refractivity contribution in [1.82, 2.24) is 5.32 Å². The Labute approximate surface area is 184 Å². The number of amides is 2. The first kappa shape index (κ1) is 20.4. The molecule has 0 radical (unpaired) electrons. The fraction of sp³-hybridized carbons (Fsp3) is 0.458. The van der Waals surface area contributed by atoms with Crippen molar-refractivity contribution in [3.05, 3.63) is 53.6 Å². The lowest BCUT2D eigenvalue weighted by molar-refractivity contribution is 0.238. The average molecular weight is 440 g/mol. The van der Waals surface area contributed by atoms with Crippen molar-refractivity contribution in [2.24, 2.45) is 0 Å². The van der Waals surface area contributed by atoms with Gasteiger partial charge in [0.1, 0.15) is 0 Å². The summed E-state index contributed by atoms with van der Waals surface area (Å²) in [6.07, 6.45) is 7.05. The zero-order valence-corrected chi connectivity index (χ0v) is 18.7. The summed E-state index contributed by atoms with van der Waals surface area (Å²) in [5.74, 6) is 0. The van der Waals surface area contributed by atoms with Gasteiger partial charge in [-0.25, -0.2) is 13.2 Å². The summed E-state index contributed by atoms with van der Waals surface area (Å²) in [4.78, 5) is 14.9. The minimum atomic E-state index is -3.67. The lowest BCUT2D eigenvalue weighted by Crippen LogP contribution is -2.45. The maximum absolute atomic E-state index is 13.5. The second-order valence-electron chi connectivity index (χ2n) is 8.96. The van der Waals surface area contributed by atoms with E-state index in [0.717, 1.165) is 41.8 Å². The van der Waals surface area contributed by atoms with E-state index in [1.54, 1.807) is 27.4 Å². The molecule has 0 bridgehead atoms. The van der Waals surface area contributed by atoms with Crippen LogP contribution in [0.1, 0.15) is 50.2 Å². The van der Waals surface area contributed by atoms with E-state index in [1.165, 1.54) is 19.3 Å². The van der Waals surface area contributed by atoms with E-state index in [1.807, 2.05) is 31.2 Å². The average Bonchev–Trinajstić information content (AvgIpc) is 3.34. The van der Waals surface area contributed by atoms with Crippen LogP contribution < -0.4 is 14.5 Å². The number of nitrogens with zero attached hydrogens (tertiary/aromatic N) is 2. The molecule has 2 amide bonds. The van der Waals surface area contributed by atoms with Crippen molar-refractivity contribution in [1.29, 1.82) is 0 Å². The van der Waals surface area contributed by atoms with Gasteiger partial charge in [-0.05, 0) is 68.0 Å². The minimum absolute atomic E-state index is 0.0663. The third kappa shape index (κ3) is 3.59. The monoisotopic (exact) mass is 439 g/mol. The topological polar surface area (TPSA) is 69.7 Å². The summed E-state index contributed by atoms with van der Waals surface area (Å²) in [6.45, 7) is 2.53. The molecule has 0 spiro atoms. The first-order valence-electron chi connectivity index (χ1n) is 11.3. The fourth-order valence-electron chi connectivity index (χ4n) is 5.27. The highest BCUT2D eigenvalue weighted by Crippen LogP contribution is 2.38. The molecule has 5 rings (SSSR count). The molecule has 3 aliphatic rings. The van der Waals surface area contributed by atoms with E-state index in [4.69, 9.17) is 0 Å². The third-order valence-corrected chi connectivity index (χ3v) is 8.75. The molecule has 1 saturated carbocycles. The van der Waals surface area contributed by atoms with Crippen LogP contribution in [0.5, 0.6) is 0 Å². The predicted octanol–water partition coefficient (Wildman–Crippen LogP) is 4.23. The smallest absolute Gasteiger partial charge is 0.322 e. The van der Waals surface area contributed by atoms with Crippen LogP contribution in [0.25, 0.3) is 0 Å². The van der Waals surface area contributed by atoms with Crippen molar-refractivity contribution in [2.45, 2.75) is 68.8 Å². The predicted molar refractivity (Wildman–Crippen MR) is 122 cm³/mol. The van der Waals surface area contributed by atoms with Gasteiger partial charge in [-0.15, -0.1) is 0 Å². The number of hydrogen-bond donors (Lipinski definition) is 1. The van der Waals surface area contributed by atoms with Gasteiger partial charge in [0.05, 0.1) is 10.6 Å². The Bertz CT molecular complexity index is 1110. The SMILES string of the molecule is C[C@@H]1Cc2ccccc2N1S(=O)(=O)c1ccc2c(c1)CCN2C(=O)NC1CCCCC1. The molecule has 2 aliphatic heterocycles. The highest BCUT2D eigenvalue weighted by molar-refractivity contribution is 7.92. The number of benzene rings is 2. The maximum Gasteiger partial charge on any atom is 0.322 e. The van der Waals surface area contributed by atoms with Gasteiger partial charge < -0.3 is 5.32 Å². The van der Waals surface area contributed by atoms with Crippen molar-refractivity contribution in [2.75, 3.05) is 15.7 Å². The maximum atomic E-state index is 13.5. The molecule has 1 fully saturated rings. The Morgan fingerprint density at radius 1 is 1.00 bits per heavy atom. The van der Waals surface area contributed by atoms with Crippen molar-refractivity contribution < 1.29 is 13.2 Å². The van der Waals surface area contributed by atoms with E-state index in [-0.39, 0.29) is 18.1 Å². The van der Waals surface area contributed by atoms with Crippen LogP contribution in [-0.2, 0) is 22.9 Å². The van der Waals surface area contributed by atoms with Gasteiger partial charge in [-0.3, -0.25) is 9.21 Å². The van der Waals surface area contributed by atoms with Gasteiger partial charge in [-0.2, -0.15) is 0 Å². The summed E-state index contributed by atoms with van der Waals surface area (Å²) in [5, 5.41) is 3.17. The Morgan fingerprint density at radius 3 is 2.58 bits per heavy atom. The molecule has 164 valence electrons. The van der Waals surface area contributed by atoms with Crippen molar-refractivity contribution >= 4 is 27.4 Å². The first-order valence-corrected chi connectivity index (χ1v) is 12.7. The number of carbonyl (C=O) groups excluding carboxylic acids is 1. The van der Waals surface area contributed by atoms with Crippen LogP contribution >= 0.6 is 0 Å². The van der Waals surface area contributed by atoms with Crippen LogP contribution in [0.3, 0.4) is 0 Å². The van der Waals surface area contributed by atoms with Gasteiger partial charge >= 0.3 is 6.03 Å². The van der Waals surface area contributed by atoms with Gasteiger partial charge in [-0.1, -0.05) is 37.5 Å². The second kappa shape index (κ2) is 7.86. The molecule has 2 heterocycles. The Hall–Kier alpha value is -2.54. The number of rotatable bonds is 3. The zero-order chi connectivity index (χ0) is 21.6. The number of sulfonamides is 1. The largest absolute Gasteiger partial charge is 0.335 e. The van der Waals surface area contributed by atoms with E-state index >= 15 is 0 Å². The minimum Gasteiger partial charge on any atom is -0.335 e. The van der Waals surface area contributed by atoms with E-state index in [9.17, 15) is 13.2 Å². The highest BCUT2D eigenvalue weighted by Gasteiger charge is 2.37. The second-order valence-corrected chi connectivity index (χ2v) is 10.8. The molecular formula is C24H29N3O3S. The summed E-state index contributed by atoms with van der Waals surface area (Å²) < 4.78 is 28.6. The third-order valence-electron chi connectivity index (χ3n) is 6.83. The summed E-state index contributed by atoms with van der Waals surface area (Å²) in [6, 6.07) is 13.0. The van der Waals surface area contributed by atoms with E-state index in [2.05, 4.69) is 5.32 Å². The Morgan fingerprint density at radius 2 is 1.77 bits per heavy atom. The lowest BCUT2D eigenvalue weighted by atomic mass is 9.96. The van der Waals surface area contributed by atoms with Crippen LogP contribution in [-0.4, -0.2) is 33.1 Å². The standard InChI is InChI=1S/C24H29N3O3S/c1-17-15-18-7-5-6-10-23(18)27(17)31(29,30)21-11-12-22-19(16-21)13-14-26(22)24(28)25-20-8-3-2-4-9-20/h5-7,10-12,16-17,20H,2-4,8-9,13-15H2,1H3,(H,25,28)/t17-/m1/s1. The number of nitrogens with one attached hydrogen (secondary N) is 1. The number of anilines is 2. The highest BCUT2D eigenvalue weighted by atomic mass is 32.2. The molecule has 0 aromatic heterocycles. The molecule has 2 aromatic rings. The molecule has 7 heteroatoms. The fourth-order valence-corrected chi connectivity index (χ4v) is 7.01. The number of hydrogen-bond acceptors (Lipinski definition) is 3. The van der Waals surface area contributed by atoms with E-state index < -0.39 is 10.0 Å². The van der Waals surface area contributed by atoms with Crippen LogP contribution in [0, 0.1) is 0 Å². The van der Waals surface area contributed by atoms with Crippen LogP contribution in [0.15, 0.2) is 47.4 Å². The Balaban J connectivity index is 1.39. The first-order chi connectivity index (χ1) is 14.9. The van der Waals surface area contributed by atoms with Crippen molar-refractivity contribution in [3.8, 4) is 0 Å². The van der Waals surface area contributed by atoms with Gasteiger partial charge in [0.15, 0.2) is 0 Å². The van der Waals surface area contributed by atoms with Gasteiger partial charge in [0.2, 0.25) is 0 Å². The number of para-hydroxylation sites is 1. The summed E-state index contributed by atoms with van der Waals surface area (Å²) in [5.41, 5.74) is 3.57. The summed E-state index contributed by atoms with van der Waals surface area (Å²) >= 11 is 0. The van der Waals surface area contributed by atoms with Crippen LogP contribution in [0.2, 0.25) is 0 Å². The molecule has 6 nitrogen and oxygen atoms in total. The number of carbonyl (C=O) groups is 1.